The number of carbonyl (C=O) groups excluding carboxylic acids is 1. The van der Waals surface area contributed by atoms with Crippen LogP contribution in [0.3, 0.4) is 0 Å². The van der Waals surface area contributed by atoms with Crippen molar-refractivity contribution < 1.29 is 55.8 Å². The van der Waals surface area contributed by atoms with Gasteiger partial charge in [0.1, 0.15) is 23.2 Å². The number of phosphoric ester groups is 1. The molecule has 0 saturated carbocycles. The topological polar surface area (TPSA) is 305 Å². The first kappa shape index (κ1) is 38.4. The van der Waals surface area contributed by atoms with E-state index in [4.69, 9.17) is 20.9 Å². The molecule has 3 rings (SSSR count). The number of primary amides is 1. The highest BCUT2D eigenvalue weighted by Crippen LogP contribution is 2.66. The molecule has 46 heavy (non-hydrogen) atoms. The van der Waals surface area contributed by atoms with Gasteiger partial charge in [0.15, 0.2) is 0 Å². The summed E-state index contributed by atoms with van der Waals surface area (Å²) in [6.45, 7) is 0.347. The van der Waals surface area contributed by atoms with Gasteiger partial charge < -0.3 is 35.6 Å². The van der Waals surface area contributed by atoms with Crippen molar-refractivity contribution in [3.05, 3.63) is 34.6 Å². The van der Waals surface area contributed by atoms with Crippen LogP contribution in [-0.2, 0) is 54.3 Å². The number of thioether (sulfide) groups is 1. The van der Waals surface area contributed by atoms with Gasteiger partial charge in [0.25, 0.3) is 0 Å². The van der Waals surface area contributed by atoms with Crippen molar-refractivity contribution in [2.75, 3.05) is 31.2 Å². The monoisotopic (exact) mass is 734 g/mol. The fourth-order valence-electron chi connectivity index (χ4n) is 3.80. The van der Waals surface area contributed by atoms with Crippen LogP contribution in [0.2, 0.25) is 0 Å². The molecule has 1 amide bonds. The molecule has 21 nitrogen and oxygen atoms in total. The number of rotatable bonds is 22. The number of anilines is 1. The van der Waals surface area contributed by atoms with E-state index >= 15 is 0 Å². The lowest BCUT2D eigenvalue weighted by Crippen LogP contribution is -2.28. The molecule has 3 unspecified atom stereocenters. The summed E-state index contributed by atoms with van der Waals surface area (Å²) in [6, 6.07) is 1.39. The molecule has 2 aromatic heterocycles. The standard InChI is InChI=1S/C21H37N8O13P3S/c22-17-7-10-29(21(31)25-17)19-15-46-20(40-19)14-39-44(34,35)42-45(36,37)41-43(32,33)24-8-3-5-11-38-13-16-12-28(27-26-16)9-4-1-2-6-18(23)30/h7,10,12,19-20H,1-6,8-9,11,13-15H2,(H2,23,30)(H,34,35)(H,36,37)(H2,22,25,31)(H2,24,32,33)/t19-,20+/m0/s1. The molecule has 8 N–H and O–H groups in total. The number of unbranched alkanes of at least 4 members (excludes halogenated alkanes) is 3. The Hall–Kier alpha value is -2.03. The summed E-state index contributed by atoms with van der Waals surface area (Å²) in [5.74, 6) is -0.0593. The Labute approximate surface area is 267 Å². The zero-order valence-electron chi connectivity index (χ0n) is 24.4. The van der Waals surface area contributed by atoms with Gasteiger partial charge in [-0.1, -0.05) is 11.6 Å². The van der Waals surface area contributed by atoms with Gasteiger partial charge in [-0.25, -0.2) is 23.6 Å². The lowest BCUT2D eigenvalue weighted by Gasteiger charge is -2.20. The van der Waals surface area contributed by atoms with Gasteiger partial charge in [0.2, 0.25) is 5.91 Å². The van der Waals surface area contributed by atoms with Gasteiger partial charge in [-0.15, -0.1) is 16.9 Å². The third-order valence-electron chi connectivity index (χ3n) is 5.86. The van der Waals surface area contributed by atoms with Crippen LogP contribution in [0.4, 0.5) is 5.82 Å². The van der Waals surface area contributed by atoms with Crippen molar-refractivity contribution in [2.24, 2.45) is 5.73 Å². The number of carbonyl (C=O) groups is 1. The van der Waals surface area contributed by atoms with E-state index in [-0.39, 0.29) is 37.2 Å². The van der Waals surface area contributed by atoms with Crippen molar-refractivity contribution in [3.8, 4) is 0 Å². The smallest absolute Gasteiger partial charge is 0.383 e. The number of ether oxygens (including phenoxy) is 2. The molecule has 0 bridgehead atoms. The minimum Gasteiger partial charge on any atom is -0.383 e. The second-order valence-corrected chi connectivity index (χ2v) is 15.7. The average molecular weight is 735 g/mol. The number of aryl methyl sites for hydroxylation is 1. The number of amides is 1. The minimum absolute atomic E-state index is 0.0202. The summed E-state index contributed by atoms with van der Waals surface area (Å²) < 4.78 is 63.4. The fourth-order valence-corrected chi connectivity index (χ4v) is 8.63. The van der Waals surface area contributed by atoms with E-state index in [1.54, 1.807) is 10.9 Å². The van der Waals surface area contributed by atoms with E-state index in [1.807, 2.05) is 5.09 Å². The van der Waals surface area contributed by atoms with Crippen LogP contribution in [-0.4, -0.2) is 76.1 Å². The number of nitrogens with zero attached hydrogens (tertiary/aromatic N) is 5. The number of nitrogen functional groups attached to an aromatic ring is 1. The maximum absolute atomic E-state index is 12.2. The molecule has 0 aromatic carbocycles. The molecule has 2 aromatic rings. The molecule has 1 aliphatic heterocycles. The highest BCUT2D eigenvalue weighted by Gasteiger charge is 2.42. The highest BCUT2D eigenvalue weighted by atomic mass is 32.2. The number of nitrogens with two attached hydrogens (primary N) is 2. The Morgan fingerprint density at radius 2 is 1.91 bits per heavy atom. The number of nitrogens with one attached hydrogen (secondary N) is 1. The molecule has 0 spiro atoms. The molecule has 25 heteroatoms. The third kappa shape index (κ3) is 14.4. The number of hydrogen-bond acceptors (Lipinski definition) is 15. The van der Waals surface area contributed by atoms with E-state index in [2.05, 4.69) is 28.4 Å². The lowest BCUT2D eigenvalue weighted by atomic mass is 10.2. The normalized spacial score (nSPS) is 20.6. The minimum atomic E-state index is -5.57. The highest BCUT2D eigenvalue weighted by molar-refractivity contribution is 8.00. The van der Waals surface area contributed by atoms with E-state index < -0.39 is 47.4 Å². The van der Waals surface area contributed by atoms with Crippen LogP contribution in [0.5, 0.6) is 0 Å². The third-order valence-corrected chi connectivity index (χ3v) is 11.4. The fraction of sp³-hybridized carbons (Fsp3) is 0.667. The summed E-state index contributed by atoms with van der Waals surface area (Å²) in [6.07, 6.45) is 5.77. The predicted molar refractivity (Wildman–Crippen MR) is 161 cm³/mol. The Balaban J connectivity index is 1.28. The molecular weight excluding hydrogens is 697 g/mol. The molecule has 1 saturated heterocycles. The summed E-state index contributed by atoms with van der Waals surface area (Å²) in [5.41, 5.74) is 9.62. The zero-order valence-corrected chi connectivity index (χ0v) is 27.9. The first-order valence-electron chi connectivity index (χ1n) is 13.8. The Kier molecular flexibility index (Phi) is 15.0. The molecule has 260 valence electrons. The quantitative estimate of drug-likeness (QED) is 0.0725. The van der Waals surface area contributed by atoms with Gasteiger partial charge in [-0.3, -0.25) is 18.6 Å². The Morgan fingerprint density at radius 1 is 1.13 bits per heavy atom. The predicted octanol–water partition coefficient (Wildman–Crippen LogP) is 0.988. The van der Waals surface area contributed by atoms with Gasteiger partial charge in [0.05, 0.1) is 19.4 Å². The second-order valence-electron chi connectivity index (χ2n) is 9.73. The molecule has 0 aliphatic carbocycles. The Morgan fingerprint density at radius 3 is 2.65 bits per heavy atom. The number of aromatic nitrogens is 5. The van der Waals surface area contributed by atoms with Crippen LogP contribution >= 0.6 is 35.2 Å². The van der Waals surface area contributed by atoms with Gasteiger partial charge in [-0.05, 0) is 31.7 Å². The maximum atomic E-state index is 12.2. The maximum Gasteiger partial charge on any atom is 0.489 e. The summed E-state index contributed by atoms with van der Waals surface area (Å²) in [7, 11) is -15.8. The lowest BCUT2D eigenvalue weighted by molar-refractivity contribution is -0.118. The molecule has 3 heterocycles. The van der Waals surface area contributed by atoms with E-state index in [1.165, 1.54) is 12.3 Å². The van der Waals surface area contributed by atoms with Crippen molar-refractivity contribution in [3.63, 3.8) is 0 Å². The second kappa shape index (κ2) is 17.9. The summed E-state index contributed by atoms with van der Waals surface area (Å²) in [5, 5.41) is 10.0. The summed E-state index contributed by atoms with van der Waals surface area (Å²) in [4.78, 5) is 55.8. The molecule has 1 aliphatic rings. The van der Waals surface area contributed by atoms with Gasteiger partial charge in [-0.2, -0.15) is 13.6 Å². The number of hydrogen-bond donors (Lipinski definition) is 6. The zero-order chi connectivity index (χ0) is 33.8. The van der Waals surface area contributed by atoms with Crippen LogP contribution in [0, 0.1) is 0 Å². The molecule has 1 fully saturated rings. The first-order valence-corrected chi connectivity index (χ1v) is 19.4. The van der Waals surface area contributed by atoms with E-state index in [9.17, 15) is 38.0 Å². The molecular formula is C21H37N8O13P3S. The van der Waals surface area contributed by atoms with E-state index in [0.29, 0.717) is 37.9 Å². The largest absolute Gasteiger partial charge is 0.489 e. The van der Waals surface area contributed by atoms with Crippen molar-refractivity contribution in [2.45, 2.75) is 63.3 Å². The average Bonchev–Trinajstić information content (AvgIpc) is 3.59. The van der Waals surface area contributed by atoms with Crippen molar-refractivity contribution in [1.82, 2.24) is 29.6 Å². The van der Waals surface area contributed by atoms with Gasteiger partial charge >= 0.3 is 29.1 Å². The number of phosphoric acid groups is 2. The molecule has 0 radical (unpaired) electrons. The van der Waals surface area contributed by atoms with Crippen molar-refractivity contribution in [1.29, 1.82) is 0 Å². The van der Waals surface area contributed by atoms with Gasteiger partial charge in [0, 0.05) is 38.1 Å². The van der Waals surface area contributed by atoms with Crippen LogP contribution in [0.15, 0.2) is 23.3 Å². The SMILES string of the molecule is NC(=O)CCCCCn1cc(COCCCCNP(=O)(O)OP(=O)(O)OP(=O)(O)OC[C@@H]2O[C@H](n3ccc(N)nc3=O)CS2)nn1. The van der Waals surface area contributed by atoms with Crippen molar-refractivity contribution >= 4 is 46.9 Å². The van der Waals surface area contributed by atoms with E-state index in [0.717, 1.165) is 29.2 Å². The first-order chi connectivity index (χ1) is 21.6. The molecule has 5 atom stereocenters. The Bertz CT molecular complexity index is 1500. The van der Waals surface area contributed by atoms with Crippen LogP contribution < -0.4 is 22.2 Å². The summed E-state index contributed by atoms with van der Waals surface area (Å²) >= 11 is 1.11. The van der Waals surface area contributed by atoms with Crippen LogP contribution in [0.1, 0.15) is 50.4 Å². The van der Waals surface area contributed by atoms with Crippen LogP contribution in [0.25, 0.3) is 0 Å².